The van der Waals surface area contributed by atoms with Crippen molar-refractivity contribution in [1.29, 1.82) is 0 Å². The molecule has 1 aromatic carbocycles. The molecule has 168 valence electrons. The Morgan fingerprint density at radius 2 is 1.84 bits per heavy atom. The third kappa shape index (κ3) is 4.63. The average Bonchev–Trinajstić information content (AvgIpc) is 3.20. The van der Waals surface area contributed by atoms with Crippen molar-refractivity contribution >= 4 is 28.3 Å². The summed E-state index contributed by atoms with van der Waals surface area (Å²) in [6.45, 7) is 5.28. The van der Waals surface area contributed by atoms with Crippen LogP contribution < -0.4 is 15.4 Å². The summed E-state index contributed by atoms with van der Waals surface area (Å²) in [4.78, 5) is 34.3. The van der Waals surface area contributed by atoms with Gasteiger partial charge in [-0.05, 0) is 38.1 Å². The highest BCUT2D eigenvalue weighted by atomic mass is 32.1. The van der Waals surface area contributed by atoms with E-state index in [1.165, 1.54) is 16.2 Å². The number of hydrogen-bond acceptors (Lipinski definition) is 10. The van der Waals surface area contributed by atoms with E-state index in [1.54, 1.807) is 44.6 Å². The van der Waals surface area contributed by atoms with Gasteiger partial charge in [0.05, 0.1) is 36.4 Å². The van der Waals surface area contributed by atoms with Crippen molar-refractivity contribution in [2.24, 2.45) is 0 Å². The Balaban J connectivity index is 1.68. The first-order valence-electron chi connectivity index (χ1n) is 10.1. The molecule has 2 atom stereocenters. The molecule has 11 heteroatoms. The third-order valence-corrected chi connectivity index (χ3v) is 5.78. The molecule has 1 fully saturated rings. The summed E-state index contributed by atoms with van der Waals surface area (Å²) in [6, 6.07) is 7.16. The van der Waals surface area contributed by atoms with Gasteiger partial charge in [-0.1, -0.05) is 11.3 Å². The minimum absolute atomic E-state index is 0.0839. The molecule has 32 heavy (non-hydrogen) atoms. The molecule has 0 unspecified atom stereocenters. The van der Waals surface area contributed by atoms with E-state index in [1.807, 2.05) is 0 Å². The van der Waals surface area contributed by atoms with Gasteiger partial charge in [-0.25, -0.2) is 4.98 Å². The van der Waals surface area contributed by atoms with E-state index in [4.69, 9.17) is 15.2 Å². The number of nitrogen functional groups attached to an aromatic ring is 1. The molecule has 0 aliphatic carbocycles. The van der Waals surface area contributed by atoms with Crippen molar-refractivity contribution < 1.29 is 14.3 Å². The number of thiazole rings is 1. The van der Waals surface area contributed by atoms with Gasteiger partial charge in [0.15, 0.2) is 11.0 Å². The Morgan fingerprint density at radius 3 is 2.44 bits per heavy atom. The first-order valence-corrected chi connectivity index (χ1v) is 11.0. The topological polar surface area (TPSA) is 120 Å². The maximum absolute atomic E-state index is 12.1. The molecule has 10 nitrogen and oxygen atoms in total. The van der Waals surface area contributed by atoms with Crippen molar-refractivity contribution in [3.63, 3.8) is 0 Å². The molecular weight excluding hydrogens is 430 g/mol. The fourth-order valence-electron chi connectivity index (χ4n) is 3.44. The molecule has 1 aliphatic heterocycles. The molecule has 2 N–H and O–H groups in total. The van der Waals surface area contributed by atoms with Crippen LogP contribution in [0.3, 0.4) is 0 Å². The number of aromatic nitrogens is 4. The number of ether oxygens (including phenoxy) is 2. The van der Waals surface area contributed by atoms with Crippen LogP contribution in [0, 0.1) is 0 Å². The van der Waals surface area contributed by atoms with E-state index in [2.05, 4.69) is 38.7 Å². The zero-order valence-corrected chi connectivity index (χ0v) is 19.2. The van der Waals surface area contributed by atoms with Crippen LogP contribution >= 0.6 is 11.3 Å². The monoisotopic (exact) mass is 455 g/mol. The molecule has 3 aromatic rings. The Bertz CT molecular complexity index is 1090. The number of nitrogens with two attached hydrogens (primary N) is 1. The van der Waals surface area contributed by atoms with E-state index < -0.39 is 0 Å². The Kier molecular flexibility index (Phi) is 6.19. The van der Waals surface area contributed by atoms with Crippen LogP contribution in [-0.4, -0.2) is 70.1 Å². The van der Waals surface area contributed by atoms with Gasteiger partial charge in [0.1, 0.15) is 5.75 Å². The van der Waals surface area contributed by atoms with E-state index in [9.17, 15) is 4.79 Å². The first kappa shape index (κ1) is 21.9. The molecule has 4 rings (SSSR count). The molecular formula is C21H25N7O3S. The maximum Gasteiger partial charge on any atom is 0.327 e. The maximum atomic E-state index is 12.1. The van der Waals surface area contributed by atoms with Gasteiger partial charge in [-0.3, -0.25) is 4.79 Å². The molecule has 0 radical (unpaired) electrons. The van der Waals surface area contributed by atoms with Crippen molar-refractivity contribution in [3.8, 4) is 22.5 Å². The molecule has 1 aliphatic rings. The van der Waals surface area contributed by atoms with E-state index in [0.29, 0.717) is 41.4 Å². The number of rotatable bonds is 5. The highest BCUT2D eigenvalue weighted by Gasteiger charge is 2.29. The lowest BCUT2D eigenvalue weighted by atomic mass is 10.2. The van der Waals surface area contributed by atoms with E-state index >= 15 is 0 Å². The quantitative estimate of drug-likeness (QED) is 0.619. The van der Waals surface area contributed by atoms with Crippen LogP contribution in [-0.2, 0) is 4.74 Å². The van der Waals surface area contributed by atoms with Crippen LogP contribution in [0.2, 0.25) is 0 Å². The predicted molar refractivity (Wildman–Crippen MR) is 122 cm³/mol. The highest BCUT2D eigenvalue weighted by Crippen LogP contribution is 2.30. The third-order valence-electron chi connectivity index (χ3n) is 4.96. The summed E-state index contributed by atoms with van der Waals surface area (Å²) in [6.07, 6.45) is 1.64. The molecule has 2 aromatic heterocycles. The Hall–Kier alpha value is -3.31. The summed E-state index contributed by atoms with van der Waals surface area (Å²) in [5, 5.41) is 0.429. The van der Waals surface area contributed by atoms with E-state index in [-0.39, 0.29) is 24.0 Å². The highest BCUT2D eigenvalue weighted by molar-refractivity contribution is 7.18. The van der Waals surface area contributed by atoms with Crippen LogP contribution in [0.4, 0.5) is 11.1 Å². The van der Waals surface area contributed by atoms with Crippen molar-refractivity contribution in [2.45, 2.75) is 25.9 Å². The van der Waals surface area contributed by atoms with Gasteiger partial charge in [-0.15, -0.1) is 0 Å². The smallest absolute Gasteiger partial charge is 0.327 e. The predicted octanol–water partition coefficient (Wildman–Crippen LogP) is 2.68. The molecule has 0 saturated carbocycles. The second kappa shape index (κ2) is 9.05. The molecule has 1 saturated heterocycles. The van der Waals surface area contributed by atoms with Crippen LogP contribution in [0.15, 0.2) is 30.5 Å². The molecule has 1 amide bonds. The summed E-state index contributed by atoms with van der Waals surface area (Å²) < 4.78 is 11.6. The Labute approximate surface area is 190 Å². The number of amides is 1. The number of anilines is 2. The zero-order valence-electron chi connectivity index (χ0n) is 18.3. The molecule has 0 bridgehead atoms. The summed E-state index contributed by atoms with van der Waals surface area (Å²) in [7, 11) is 3.42. The minimum Gasteiger partial charge on any atom is -0.424 e. The van der Waals surface area contributed by atoms with Crippen molar-refractivity contribution in [1.82, 2.24) is 24.8 Å². The summed E-state index contributed by atoms with van der Waals surface area (Å²) >= 11 is 1.29. The molecule has 0 spiro atoms. The second-order valence-electron chi connectivity index (χ2n) is 7.77. The normalized spacial score (nSPS) is 18.4. The summed E-state index contributed by atoms with van der Waals surface area (Å²) in [5.74, 6) is 1.36. The minimum atomic E-state index is -0.0839. The van der Waals surface area contributed by atoms with Gasteiger partial charge in [0.25, 0.3) is 5.91 Å². The second-order valence-corrected chi connectivity index (χ2v) is 8.84. The Morgan fingerprint density at radius 1 is 1.16 bits per heavy atom. The first-order chi connectivity index (χ1) is 15.3. The lowest BCUT2D eigenvalue weighted by molar-refractivity contribution is 0.0746. The SMILES string of the molecule is C[C@H]1COC[C@H](C)N1c1nc(Oc2ccc(C(=O)N(C)C)cc2)nc(-c2cnc(N)s2)n1. The standard InChI is InChI=1S/C21H25N7O3S/c1-12-10-30-11-13(2)28(12)20-24-17(16-9-23-19(22)32-16)25-21(26-20)31-15-7-5-14(6-8-15)18(29)27(3)4/h5-9,12-13H,10-11H2,1-4H3,(H2,22,23)/t12-,13-/m0/s1. The van der Waals surface area contributed by atoms with Crippen molar-refractivity contribution in [2.75, 3.05) is 37.9 Å². The van der Waals surface area contributed by atoms with Crippen molar-refractivity contribution in [3.05, 3.63) is 36.0 Å². The van der Waals surface area contributed by atoms with Gasteiger partial charge in [0.2, 0.25) is 5.95 Å². The number of carbonyl (C=O) groups excluding carboxylic acids is 1. The average molecular weight is 456 g/mol. The fourth-order valence-corrected chi connectivity index (χ4v) is 4.05. The number of carbonyl (C=O) groups is 1. The number of morpholine rings is 1. The van der Waals surface area contributed by atoms with Crippen LogP contribution in [0.5, 0.6) is 11.8 Å². The number of hydrogen-bond donors (Lipinski definition) is 1. The van der Waals surface area contributed by atoms with Gasteiger partial charge < -0.3 is 25.0 Å². The summed E-state index contributed by atoms with van der Waals surface area (Å²) in [5.41, 5.74) is 6.37. The largest absolute Gasteiger partial charge is 0.424 e. The van der Waals surface area contributed by atoms with Crippen LogP contribution in [0.25, 0.3) is 10.7 Å². The lowest BCUT2D eigenvalue weighted by Crippen LogP contribution is -2.50. The van der Waals surface area contributed by atoms with E-state index in [0.717, 1.165) is 4.88 Å². The van der Waals surface area contributed by atoms with Crippen LogP contribution in [0.1, 0.15) is 24.2 Å². The zero-order chi connectivity index (χ0) is 22.8. The fraction of sp³-hybridized carbons (Fsp3) is 0.381. The van der Waals surface area contributed by atoms with Gasteiger partial charge in [-0.2, -0.15) is 15.0 Å². The van der Waals surface area contributed by atoms with Gasteiger partial charge >= 0.3 is 6.01 Å². The molecule has 3 heterocycles. The number of nitrogens with zero attached hydrogens (tertiary/aromatic N) is 6. The lowest BCUT2D eigenvalue weighted by Gasteiger charge is -2.38. The number of benzene rings is 1. The van der Waals surface area contributed by atoms with Gasteiger partial charge in [0, 0.05) is 19.7 Å².